The molecule has 0 radical (unpaired) electrons. The Morgan fingerprint density at radius 3 is 3.13 bits per heavy atom. The molecule has 0 aromatic rings. The van der Waals surface area contributed by atoms with Gasteiger partial charge in [-0.2, -0.15) is 5.26 Å². The minimum absolute atomic E-state index is 0.286. The molecule has 1 N–H and O–H groups in total. The summed E-state index contributed by atoms with van der Waals surface area (Å²) in [5.41, 5.74) is 0. The molecule has 15 heavy (non-hydrogen) atoms. The van der Waals surface area contributed by atoms with Crippen LogP contribution in [-0.2, 0) is 4.74 Å². The molecule has 5 heteroatoms. The number of hydrogen-bond acceptors (Lipinski definition) is 3. The van der Waals surface area contributed by atoms with Crippen LogP contribution in [0.2, 0.25) is 0 Å². The molecule has 1 fully saturated rings. The van der Waals surface area contributed by atoms with Crippen LogP contribution in [0.3, 0.4) is 0 Å². The molecule has 0 aliphatic carbocycles. The number of hydrogen-bond donors (Lipinski definition) is 1. The zero-order valence-electron chi connectivity index (χ0n) is 8.69. The fourth-order valence-electron chi connectivity index (χ4n) is 1.74. The maximum Gasteiger partial charge on any atom is 0.407 e. The molecule has 5 nitrogen and oxygen atoms in total. The highest BCUT2D eigenvalue weighted by molar-refractivity contribution is 5.65. The van der Waals surface area contributed by atoms with E-state index in [1.807, 2.05) is 6.07 Å². The van der Waals surface area contributed by atoms with Gasteiger partial charge in [-0.25, -0.2) is 4.79 Å². The standard InChI is InChI=1S/C10H16N2O3/c11-4-2-6-15-8-9-3-1-5-12(7-9)10(13)14/h9H,1-3,5-8H2,(H,13,14). The number of carboxylic acid groups (broad SMARTS) is 1. The first-order valence-corrected chi connectivity index (χ1v) is 5.16. The molecule has 1 heterocycles. The molecule has 0 aromatic heterocycles. The Kier molecular flexibility index (Phi) is 4.91. The number of ether oxygens (including phenoxy) is 1. The number of amides is 1. The van der Waals surface area contributed by atoms with Crippen LogP contribution in [0.4, 0.5) is 4.79 Å². The van der Waals surface area contributed by atoms with E-state index in [9.17, 15) is 4.79 Å². The number of nitrogens with zero attached hydrogens (tertiary/aromatic N) is 2. The topological polar surface area (TPSA) is 73.6 Å². The smallest absolute Gasteiger partial charge is 0.407 e. The summed E-state index contributed by atoms with van der Waals surface area (Å²) < 4.78 is 5.30. The Labute approximate surface area is 89.2 Å². The normalized spacial score (nSPS) is 21.0. The van der Waals surface area contributed by atoms with E-state index in [0.717, 1.165) is 12.8 Å². The van der Waals surface area contributed by atoms with Gasteiger partial charge in [-0.05, 0) is 12.8 Å². The molecule has 0 spiro atoms. The first kappa shape index (κ1) is 11.8. The van der Waals surface area contributed by atoms with E-state index >= 15 is 0 Å². The van der Waals surface area contributed by atoms with Crippen molar-refractivity contribution >= 4 is 6.09 Å². The van der Waals surface area contributed by atoms with Crippen molar-refractivity contribution in [2.24, 2.45) is 5.92 Å². The van der Waals surface area contributed by atoms with E-state index < -0.39 is 6.09 Å². The van der Waals surface area contributed by atoms with Gasteiger partial charge in [-0.15, -0.1) is 0 Å². The van der Waals surface area contributed by atoms with Crippen LogP contribution >= 0.6 is 0 Å². The highest BCUT2D eigenvalue weighted by atomic mass is 16.5. The Balaban J connectivity index is 2.19. The number of carbonyl (C=O) groups is 1. The first-order valence-electron chi connectivity index (χ1n) is 5.16. The van der Waals surface area contributed by atoms with E-state index in [-0.39, 0.29) is 5.92 Å². The summed E-state index contributed by atoms with van der Waals surface area (Å²) >= 11 is 0. The van der Waals surface area contributed by atoms with Crippen LogP contribution in [0.15, 0.2) is 0 Å². The van der Waals surface area contributed by atoms with Crippen LogP contribution in [-0.4, -0.2) is 42.4 Å². The zero-order chi connectivity index (χ0) is 11.1. The lowest BCUT2D eigenvalue weighted by atomic mass is 9.99. The van der Waals surface area contributed by atoms with E-state index in [2.05, 4.69) is 0 Å². The second kappa shape index (κ2) is 6.25. The Morgan fingerprint density at radius 2 is 2.47 bits per heavy atom. The summed E-state index contributed by atoms with van der Waals surface area (Å²) in [5.74, 6) is 0.286. The fraction of sp³-hybridized carbons (Fsp3) is 0.800. The van der Waals surface area contributed by atoms with Crippen molar-refractivity contribution in [3.05, 3.63) is 0 Å². The average Bonchev–Trinajstić information content (AvgIpc) is 2.25. The van der Waals surface area contributed by atoms with Gasteiger partial charge >= 0.3 is 6.09 Å². The molecule has 1 aliphatic rings. The largest absolute Gasteiger partial charge is 0.465 e. The molecule has 0 bridgehead atoms. The quantitative estimate of drug-likeness (QED) is 0.713. The molecule has 1 unspecified atom stereocenters. The molecule has 1 rings (SSSR count). The molecular formula is C10H16N2O3. The summed E-state index contributed by atoms with van der Waals surface area (Å²) in [6.07, 6.45) is 1.46. The van der Waals surface area contributed by atoms with Gasteiger partial charge in [0, 0.05) is 19.0 Å². The maximum atomic E-state index is 10.7. The summed E-state index contributed by atoms with van der Waals surface area (Å²) in [5, 5.41) is 17.1. The van der Waals surface area contributed by atoms with Crippen LogP contribution in [0.1, 0.15) is 19.3 Å². The number of rotatable bonds is 4. The van der Waals surface area contributed by atoms with Gasteiger partial charge in [0.05, 0.1) is 25.7 Å². The van der Waals surface area contributed by atoms with Gasteiger partial charge in [-0.1, -0.05) is 0 Å². The molecular weight excluding hydrogens is 196 g/mol. The number of nitriles is 1. The van der Waals surface area contributed by atoms with E-state index in [4.69, 9.17) is 15.1 Å². The van der Waals surface area contributed by atoms with Gasteiger partial charge in [-0.3, -0.25) is 0 Å². The lowest BCUT2D eigenvalue weighted by Crippen LogP contribution is -2.40. The second-order valence-corrected chi connectivity index (χ2v) is 3.72. The summed E-state index contributed by atoms with van der Waals surface area (Å²) in [7, 11) is 0. The summed E-state index contributed by atoms with van der Waals surface area (Å²) in [6, 6.07) is 2.00. The predicted molar refractivity (Wildman–Crippen MR) is 53.4 cm³/mol. The summed E-state index contributed by atoms with van der Waals surface area (Å²) in [4.78, 5) is 12.2. The Hall–Kier alpha value is -1.28. The first-order chi connectivity index (χ1) is 7.24. The zero-order valence-corrected chi connectivity index (χ0v) is 8.69. The van der Waals surface area contributed by atoms with Crippen LogP contribution in [0.25, 0.3) is 0 Å². The Morgan fingerprint density at radius 1 is 1.67 bits per heavy atom. The van der Waals surface area contributed by atoms with Crippen molar-refractivity contribution in [3.63, 3.8) is 0 Å². The van der Waals surface area contributed by atoms with Gasteiger partial charge in [0.1, 0.15) is 0 Å². The molecule has 0 aromatic carbocycles. The van der Waals surface area contributed by atoms with Crippen molar-refractivity contribution in [1.29, 1.82) is 5.26 Å². The van der Waals surface area contributed by atoms with E-state index in [1.165, 1.54) is 4.90 Å². The lowest BCUT2D eigenvalue weighted by Gasteiger charge is -2.30. The molecule has 1 amide bonds. The number of piperidine rings is 1. The molecule has 1 aliphatic heterocycles. The molecule has 0 saturated carbocycles. The highest BCUT2D eigenvalue weighted by Crippen LogP contribution is 2.16. The van der Waals surface area contributed by atoms with Crippen molar-refractivity contribution in [2.75, 3.05) is 26.3 Å². The van der Waals surface area contributed by atoms with E-state index in [0.29, 0.717) is 32.7 Å². The van der Waals surface area contributed by atoms with Crippen molar-refractivity contribution in [1.82, 2.24) is 4.90 Å². The van der Waals surface area contributed by atoms with Crippen molar-refractivity contribution in [3.8, 4) is 6.07 Å². The van der Waals surface area contributed by atoms with Gasteiger partial charge in [0.15, 0.2) is 0 Å². The highest BCUT2D eigenvalue weighted by Gasteiger charge is 2.22. The number of likely N-dealkylation sites (tertiary alicyclic amines) is 1. The Bertz CT molecular complexity index is 250. The lowest BCUT2D eigenvalue weighted by molar-refractivity contribution is 0.0616. The van der Waals surface area contributed by atoms with Gasteiger partial charge in [0.25, 0.3) is 0 Å². The molecule has 84 valence electrons. The molecule has 1 atom stereocenters. The third-order valence-corrected chi connectivity index (χ3v) is 2.50. The van der Waals surface area contributed by atoms with Gasteiger partial charge < -0.3 is 14.7 Å². The maximum absolute atomic E-state index is 10.7. The van der Waals surface area contributed by atoms with Gasteiger partial charge in [0.2, 0.25) is 0 Å². The van der Waals surface area contributed by atoms with Crippen LogP contribution in [0, 0.1) is 17.2 Å². The predicted octanol–water partition coefficient (Wildman–Crippen LogP) is 1.31. The average molecular weight is 212 g/mol. The van der Waals surface area contributed by atoms with Crippen LogP contribution in [0.5, 0.6) is 0 Å². The monoisotopic (exact) mass is 212 g/mol. The second-order valence-electron chi connectivity index (χ2n) is 3.72. The van der Waals surface area contributed by atoms with Crippen molar-refractivity contribution < 1.29 is 14.6 Å². The fourth-order valence-corrected chi connectivity index (χ4v) is 1.74. The minimum Gasteiger partial charge on any atom is -0.465 e. The van der Waals surface area contributed by atoms with Crippen LogP contribution < -0.4 is 0 Å². The summed E-state index contributed by atoms with van der Waals surface area (Å²) in [6.45, 7) is 2.19. The minimum atomic E-state index is -0.850. The van der Waals surface area contributed by atoms with E-state index in [1.54, 1.807) is 0 Å². The third-order valence-electron chi connectivity index (χ3n) is 2.50. The third kappa shape index (κ3) is 4.17. The van der Waals surface area contributed by atoms with Crippen molar-refractivity contribution in [2.45, 2.75) is 19.3 Å². The SMILES string of the molecule is N#CCCOCC1CCCN(C(=O)O)C1. The molecule has 1 saturated heterocycles.